The fraction of sp³-hybridized carbons (Fsp3) is 0.182. The molecule has 1 aliphatic carbocycles. The number of rotatable bonds is 4. The number of carbonyl (C=O) groups is 1. The van der Waals surface area contributed by atoms with Gasteiger partial charge in [0.15, 0.2) is 0 Å². The monoisotopic (exact) mass is 466 g/mol. The van der Waals surface area contributed by atoms with Gasteiger partial charge in [-0.3, -0.25) is 4.79 Å². The molecule has 0 saturated heterocycles. The first-order valence-corrected chi connectivity index (χ1v) is 12.2. The SMILES string of the molecule is C#CCC1C(C)=C(C2(c3c(C)n(CC#C)c4ccccc34)C(=O)Nc3ccccc32)c2ccccc21. The van der Waals surface area contributed by atoms with Crippen molar-refractivity contribution in [2.75, 3.05) is 5.32 Å². The van der Waals surface area contributed by atoms with E-state index in [1.807, 2.05) is 36.4 Å². The van der Waals surface area contributed by atoms with Crippen LogP contribution in [0.25, 0.3) is 16.5 Å². The molecule has 0 radical (unpaired) electrons. The number of hydrogen-bond donors (Lipinski definition) is 1. The van der Waals surface area contributed by atoms with E-state index in [0.29, 0.717) is 13.0 Å². The van der Waals surface area contributed by atoms with Gasteiger partial charge in [-0.05, 0) is 42.7 Å². The lowest BCUT2D eigenvalue weighted by atomic mass is 9.66. The van der Waals surface area contributed by atoms with Crippen molar-refractivity contribution in [2.45, 2.75) is 38.1 Å². The second kappa shape index (κ2) is 8.04. The molecule has 2 atom stereocenters. The summed E-state index contributed by atoms with van der Waals surface area (Å²) < 4.78 is 2.15. The van der Waals surface area contributed by atoms with Crippen molar-refractivity contribution in [2.24, 2.45) is 0 Å². The van der Waals surface area contributed by atoms with E-state index >= 15 is 0 Å². The first kappa shape index (κ1) is 22.0. The predicted molar refractivity (Wildman–Crippen MR) is 147 cm³/mol. The van der Waals surface area contributed by atoms with Crippen LogP contribution in [0.5, 0.6) is 0 Å². The summed E-state index contributed by atoms with van der Waals surface area (Å²) in [4.78, 5) is 14.5. The Morgan fingerprint density at radius 1 is 0.944 bits per heavy atom. The highest BCUT2D eigenvalue weighted by Gasteiger charge is 2.56. The number of anilines is 1. The van der Waals surface area contributed by atoms with E-state index in [1.165, 1.54) is 5.56 Å². The first-order chi connectivity index (χ1) is 17.6. The summed E-state index contributed by atoms with van der Waals surface area (Å²) in [5.41, 5.74) is 8.25. The summed E-state index contributed by atoms with van der Waals surface area (Å²) in [5, 5.41) is 4.27. The molecule has 0 fully saturated rings. The van der Waals surface area contributed by atoms with E-state index < -0.39 is 5.41 Å². The minimum absolute atomic E-state index is 0.0408. The predicted octanol–water partition coefficient (Wildman–Crippen LogP) is 6.42. The van der Waals surface area contributed by atoms with Crippen LogP contribution in [0, 0.1) is 31.6 Å². The highest BCUT2D eigenvalue weighted by molar-refractivity contribution is 6.20. The van der Waals surface area contributed by atoms with Gasteiger partial charge in [-0.2, -0.15) is 0 Å². The van der Waals surface area contributed by atoms with Gasteiger partial charge in [-0.15, -0.1) is 18.8 Å². The van der Waals surface area contributed by atoms with E-state index in [9.17, 15) is 4.79 Å². The maximum Gasteiger partial charge on any atom is 0.244 e. The smallest absolute Gasteiger partial charge is 0.244 e. The Morgan fingerprint density at radius 2 is 1.67 bits per heavy atom. The van der Waals surface area contributed by atoms with Crippen molar-refractivity contribution in [3.8, 4) is 24.7 Å². The second-order valence-corrected chi connectivity index (χ2v) is 9.62. The Labute approximate surface area is 211 Å². The molecule has 4 aromatic rings. The van der Waals surface area contributed by atoms with Gasteiger partial charge in [0.1, 0.15) is 5.41 Å². The van der Waals surface area contributed by atoms with Gasteiger partial charge in [-0.25, -0.2) is 0 Å². The van der Waals surface area contributed by atoms with Crippen LogP contribution in [0.3, 0.4) is 0 Å². The highest BCUT2D eigenvalue weighted by atomic mass is 16.2. The van der Waals surface area contributed by atoms with Gasteiger partial charge in [0, 0.05) is 45.7 Å². The van der Waals surface area contributed by atoms with Crippen LogP contribution in [0.2, 0.25) is 0 Å². The Kier molecular flexibility index (Phi) is 4.92. The number of benzene rings is 3. The Morgan fingerprint density at radius 3 is 2.47 bits per heavy atom. The molecule has 1 aromatic heterocycles. The molecule has 1 aliphatic heterocycles. The van der Waals surface area contributed by atoms with E-state index in [-0.39, 0.29) is 11.8 Å². The van der Waals surface area contributed by atoms with Gasteiger partial charge >= 0.3 is 0 Å². The largest absolute Gasteiger partial charge is 0.333 e. The molecule has 2 heterocycles. The first-order valence-electron chi connectivity index (χ1n) is 12.2. The molecule has 1 N–H and O–H groups in total. The number of nitrogens with one attached hydrogen (secondary N) is 1. The number of para-hydroxylation sites is 2. The topological polar surface area (TPSA) is 34.0 Å². The molecule has 1 amide bonds. The number of fused-ring (bicyclic) bond motifs is 3. The average molecular weight is 467 g/mol. The van der Waals surface area contributed by atoms with Crippen LogP contribution in [0.15, 0.2) is 78.4 Å². The van der Waals surface area contributed by atoms with E-state index in [1.54, 1.807) is 0 Å². The van der Waals surface area contributed by atoms with Crippen LogP contribution in [0.4, 0.5) is 5.69 Å². The summed E-state index contributed by atoms with van der Waals surface area (Å²) in [7, 11) is 0. The fourth-order valence-corrected chi connectivity index (χ4v) is 6.61. The van der Waals surface area contributed by atoms with E-state index in [2.05, 4.69) is 72.0 Å². The van der Waals surface area contributed by atoms with Gasteiger partial charge < -0.3 is 9.88 Å². The molecule has 0 spiro atoms. The van der Waals surface area contributed by atoms with Crippen LogP contribution < -0.4 is 5.32 Å². The van der Waals surface area contributed by atoms with Crippen LogP contribution >= 0.6 is 0 Å². The minimum atomic E-state index is -1.04. The Hall–Kier alpha value is -4.47. The number of allylic oxidation sites excluding steroid dienone is 1. The second-order valence-electron chi connectivity index (χ2n) is 9.62. The van der Waals surface area contributed by atoms with Crippen molar-refractivity contribution in [1.82, 2.24) is 4.57 Å². The van der Waals surface area contributed by atoms with Crippen LogP contribution in [-0.4, -0.2) is 10.5 Å². The summed E-state index contributed by atoms with van der Waals surface area (Å²) >= 11 is 0. The van der Waals surface area contributed by atoms with Gasteiger partial charge in [0.25, 0.3) is 0 Å². The summed E-state index contributed by atoms with van der Waals surface area (Å²) in [6.07, 6.45) is 12.2. The van der Waals surface area contributed by atoms with Crippen LogP contribution in [0.1, 0.15) is 47.2 Å². The zero-order chi connectivity index (χ0) is 25.0. The van der Waals surface area contributed by atoms with Gasteiger partial charge in [0.05, 0.1) is 6.54 Å². The molecule has 2 unspecified atom stereocenters. The molecular weight excluding hydrogens is 440 g/mol. The number of hydrogen-bond acceptors (Lipinski definition) is 1. The lowest BCUT2D eigenvalue weighted by Crippen LogP contribution is -2.38. The summed E-state index contributed by atoms with van der Waals surface area (Å²) in [5.74, 6) is 5.71. The van der Waals surface area contributed by atoms with E-state index in [0.717, 1.165) is 50.1 Å². The number of carbonyl (C=O) groups excluding carboxylic acids is 1. The standard InChI is InChI=1S/C33H26N2O/c1-5-13-23-21(3)30(25-15-8-7-14-24(23)25)33(27-17-10-11-18-28(27)34-32(33)36)31-22(4)35(20-6-2)29-19-12-9-16-26(29)31/h1-2,7-12,14-19,23H,13,20H2,3-4H3,(H,34,36). The molecule has 0 saturated carbocycles. The van der Waals surface area contributed by atoms with Crippen molar-refractivity contribution < 1.29 is 4.79 Å². The third kappa shape index (κ3) is 2.69. The normalized spacial score (nSPS) is 20.1. The van der Waals surface area contributed by atoms with Crippen molar-refractivity contribution >= 4 is 28.1 Å². The Bertz CT molecular complexity index is 1690. The molecule has 3 aromatic carbocycles. The number of terminal acetylenes is 2. The van der Waals surface area contributed by atoms with E-state index in [4.69, 9.17) is 12.8 Å². The zero-order valence-electron chi connectivity index (χ0n) is 20.4. The number of amides is 1. The maximum atomic E-state index is 14.5. The van der Waals surface area contributed by atoms with Crippen molar-refractivity contribution in [3.05, 3.63) is 106 Å². The molecule has 0 bridgehead atoms. The zero-order valence-corrected chi connectivity index (χ0v) is 20.4. The molecule has 174 valence electrons. The maximum absolute atomic E-state index is 14.5. The molecule has 36 heavy (non-hydrogen) atoms. The molecule has 2 aliphatic rings. The van der Waals surface area contributed by atoms with Gasteiger partial charge in [0.2, 0.25) is 5.91 Å². The lowest BCUT2D eigenvalue weighted by molar-refractivity contribution is -0.117. The fourth-order valence-electron chi connectivity index (χ4n) is 6.61. The molecule has 6 rings (SSSR count). The van der Waals surface area contributed by atoms with Crippen molar-refractivity contribution in [3.63, 3.8) is 0 Å². The molecule has 3 heteroatoms. The third-order valence-electron chi connectivity index (χ3n) is 7.99. The highest BCUT2D eigenvalue weighted by Crippen LogP contribution is 2.59. The van der Waals surface area contributed by atoms with Gasteiger partial charge in [-0.1, -0.05) is 72.2 Å². The quantitative estimate of drug-likeness (QED) is 0.346. The molecular formula is C33H26N2O. The number of aromatic nitrogens is 1. The van der Waals surface area contributed by atoms with Crippen LogP contribution in [-0.2, 0) is 16.8 Å². The number of nitrogens with zero attached hydrogens (tertiary/aromatic N) is 1. The third-order valence-corrected chi connectivity index (χ3v) is 7.99. The Balaban J connectivity index is 1.82. The lowest BCUT2D eigenvalue weighted by Gasteiger charge is -2.32. The summed E-state index contributed by atoms with van der Waals surface area (Å²) in [6.45, 7) is 4.65. The minimum Gasteiger partial charge on any atom is -0.333 e. The molecule has 3 nitrogen and oxygen atoms in total. The van der Waals surface area contributed by atoms with Crippen molar-refractivity contribution in [1.29, 1.82) is 0 Å². The summed E-state index contributed by atoms with van der Waals surface area (Å²) in [6, 6.07) is 24.7. The average Bonchev–Trinajstić information content (AvgIpc) is 3.45.